The third-order valence-electron chi connectivity index (χ3n) is 4.64. The number of ether oxygens (including phenoxy) is 1. The van der Waals surface area contributed by atoms with E-state index in [0.717, 1.165) is 49.7 Å². The predicted molar refractivity (Wildman–Crippen MR) is 100 cm³/mol. The molecule has 2 heterocycles. The molecule has 2 aromatic rings. The highest BCUT2D eigenvalue weighted by Gasteiger charge is 2.20. The molecule has 0 radical (unpaired) electrons. The van der Waals surface area contributed by atoms with Gasteiger partial charge in [0, 0.05) is 38.8 Å². The van der Waals surface area contributed by atoms with Crippen LogP contribution in [-0.4, -0.2) is 65.5 Å². The van der Waals surface area contributed by atoms with Crippen LogP contribution in [0.1, 0.15) is 17.0 Å². The van der Waals surface area contributed by atoms with Crippen molar-refractivity contribution < 1.29 is 14.4 Å². The van der Waals surface area contributed by atoms with Crippen molar-refractivity contribution in [2.45, 2.75) is 26.0 Å². The molecule has 1 saturated heterocycles. The smallest absolute Gasteiger partial charge is 0.150 e. The van der Waals surface area contributed by atoms with E-state index in [9.17, 15) is 5.11 Å². The van der Waals surface area contributed by atoms with Gasteiger partial charge in [0.05, 0.1) is 24.7 Å². The summed E-state index contributed by atoms with van der Waals surface area (Å²) in [5.41, 5.74) is 1.87. The van der Waals surface area contributed by atoms with E-state index in [1.807, 2.05) is 37.3 Å². The van der Waals surface area contributed by atoms with Gasteiger partial charge in [0.25, 0.3) is 0 Å². The molecule has 1 atom stereocenters. The number of β-amino-alcohol motifs (C(OH)–C–C–N with tert-alkyl or cyclic N) is 1. The number of rotatable bonds is 8. The average molecular weight is 370 g/mol. The topological polar surface area (TPSA) is 85.8 Å². The number of aliphatic hydroxyl groups is 1. The lowest BCUT2D eigenvalue weighted by Gasteiger charge is -2.35. The summed E-state index contributed by atoms with van der Waals surface area (Å²) in [7, 11) is 0. The number of aryl methyl sites for hydroxylation is 1. The van der Waals surface area contributed by atoms with Crippen molar-refractivity contribution in [3.63, 3.8) is 0 Å². The van der Waals surface area contributed by atoms with Gasteiger partial charge in [-0.15, -0.1) is 0 Å². The van der Waals surface area contributed by atoms with Crippen LogP contribution in [0.15, 0.2) is 34.9 Å². The molecule has 0 saturated carbocycles. The Morgan fingerprint density at radius 3 is 2.56 bits per heavy atom. The summed E-state index contributed by atoms with van der Waals surface area (Å²) in [6.07, 6.45) is -0.141. The Morgan fingerprint density at radius 1 is 1.22 bits per heavy atom. The van der Waals surface area contributed by atoms with E-state index in [1.165, 1.54) is 0 Å². The molecule has 0 amide bonds. The summed E-state index contributed by atoms with van der Waals surface area (Å²) < 4.78 is 10.9. The number of aromatic nitrogens is 1. The average Bonchev–Trinajstić information content (AvgIpc) is 3.08. The summed E-state index contributed by atoms with van der Waals surface area (Å²) in [5.74, 6) is 1.61. The third kappa shape index (κ3) is 6.07. The first kappa shape index (κ1) is 19.4. The zero-order valence-corrected chi connectivity index (χ0v) is 15.7. The number of hydrogen-bond acceptors (Lipinski definition) is 7. The molecule has 0 spiro atoms. The number of piperazine rings is 1. The minimum atomic E-state index is -0.535. The van der Waals surface area contributed by atoms with Gasteiger partial charge in [-0.25, -0.2) is 0 Å². The first-order valence-electron chi connectivity index (χ1n) is 9.26. The Balaban J connectivity index is 1.35. The van der Waals surface area contributed by atoms with Crippen LogP contribution in [0.25, 0.3) is 0 Å². The second-order valence-corrected chi connectivity index (χ2v) is 6.96. The Hall–Kier alpha value is -2.40. The molecule has 0 aliphatic carbocycles. The molecular formula is C20H26N4O3. The maximum absolute atomic E-state index is 10.3. The van der Waals surface area contributed by atoms with Gasteiger partial charge in [-0.1, -0.05) is 17.3 Å². The van der Waals surface area contributed by atoms with Crippen LogP contribution in [0.3, 0.4) is 0 Å². The monoisotopic (exact) mass is 370 g/mol. The Kier molecular flexibility index (Phi) is 6.82. The molecule has 1 aliphatic heterocycles. The number of nitrogens with zero attached hydrogens (tertiary/aromatic N) is 4. The van der Waals surface area contributed by atoms with Crippen molar-refractivity contribution in [3.8, 4) is 11.8 Å². The van der Waals surface area contributed by atoms with E-state index >= 15 is 0 Å². The molecule has 1 fully saturated rings. The molecule has 1 aromatic heterocycles. The molecule has 0 bridgehead atoms. The van der Waals surface area contributed by atoms with E-state index in [4.69, 9.17) is 14.5 Å². The van der Waals surface area contributed by atoms with Gasteiger partial charge in [-0.2, -0.15) is 5.26 Å². The zero-order valence-electron chi connectivity index (χ0n) is 15.7. The second kappa shape index (κ2) is 9.51. The standard InChI is InChI=1S/C20H26N4O3/c1-16-12-20(27-22-16)14-24-10-8-23(9-11-24)13-18(25)15-26-19-4-2-17(3-5-19)6-7-21/h2-5,12,18,25H,6,8-11,13-15H2,1H3. The highest BCUT2D eigenvalue weighted by atomic mass is 16.5. The van der Waals surface area contributed by atoms with Crippen molar-refractivity contribution >= 4 is 0 Å². The van der Waals surface area contributed by atoms with Gasteiger partial charge in [-0.05, 0) is 24.6 Å². The minimum absolute atomic E-state index is 0.259. The fourth-order valence-corrected chi connectivity index (χ4v) is 3.18. The van der Waals surface area contributed by atoms with Crippen molar-refractivity contribution in [2.24, 2.45) is 0 Å². The van der Waals surface area contributed by atoms with Crippen molar-refractivity contribution in [1.29, 1.82) is 5.26 Å². The molecule has 27 heavy (non-hydrogen) atoms. The van der Waals surface area contributed by atoms with Crippen LogP contribution < -0.4 is 4.74 Å². The van der Waals surface area contributed by atoms with Crippen LogP contribution in [0.4, 0.5) is 0 Å². The molecular weight excluding hydrogens is 344 g/mol. The number of benzene rings is 1. The molecule has 1 aliphatic rings. The molecule has 144 valence electrons. The maximum atomic E-state index is 10.3. The van der Waals surface area contributed by atoms with Gasteiger partial charge in [0.15, 0.2) is 5.76 Å². The number of nitriles is 1. The van der Waals surface area contributed by atoms with Gasteiger partial charge in [-0.3, -0.25) is 9.80 Å². The molecule has 7 nitrogen and oxygen atoms in total. The van der Waals surface area contributed by atoms with Crippen molar-refractivity contribution in [1.82, 2.24) is 15.0 Å². The van der Waals surface area contributed by atoms with Crippen LogP contribution in [-0.2, 0) is 13.0 Å². The summed E-state index contributed by atoms with van der Waals surface area (Å²) in [4.78, 5) is 4.59. The van der Waals surface area contributed by atoms with Crippen molar-refractivity contribution in [2.75, 3.05) is 39.3 Å². The summed E-state index contributed by atoms with van der Waals surface area (Å²) >= 11 is 0. The normalized spacial score (nSPS) is 16.8. The van der Waals surface area contributed by atoms with Gasteiger partial charge >= 0.3 is 0 Å². The molecule has 1 N–H and O–H groups in total. The molecule has 3 rings (SSSR count). The molecule has 1 unspecified atom stereocenters. The minimum Gasteiger partial charge on any atom is -0.491 e. The third-order valence-corrected chi connectivity index (χ3v) is 4.64. The lowest BCUT2D eigenvalue weighted by atomic mass is 10.2. The highest BCUT2D eigenvalue weighted by Crippen LogP contribution is 2.14. The van der Waals surface area contributed by atoms with Gasteiger partial charge < -0.3 is 14.4 Å². The van der Waals surface area contributed by atoms with E-state index in [0.29, 0.717) is 18.7 Å². The first-order chi connectivity index (χ1) is 13.1. The van der Waals surface area contributed by atoms with E-state index in [2.05, 4.69) is 21.0 Å². The summed E-state index contributed by atoms with van der Waals surface area (Å²) in [6, 6.07) is 11.5. The first-order valence-corrected chi connectivity index (χ1v) is 9.26. The summed E-state index contributed by atoms with van der Waals surface area (Å²) in [6.45, 7) is 7.26. The largest absolute Gasteiger partial charge is 0.491 e. The lowest BCUT2D eigenvalue weighted by Crippen LogP contribution is -2.48. The van der Waals surface area contributed by atoms with E-state index < -0.39 is 6.10 Å². The SMILES string of the molecule is Cc1cc(CN2CCN(CC(O)COc3ccc(CC#N)cc3)CC2)on1. The van der Waals surface area contributed by atoms with Crippen LogP contribution in [0.5, 0.6) is 5.75 Å². The van der Waals surface area contributed by atoms with Crippen LogP contribution in [0.2, 0.25) is 0 Å². The Bertz CT molecular complexity index is 745. The summed E-state index contributed by atoms with van der Waals surface area (Å²) in [5, 5.41) is 22.9. The van der Waals surface area contributed by atoms with E-state index in [1.54, 1.807) is 0 Å². The highest BCUT2D eigenvalue weighted by molar-refractivity contribution is 5.28. The predicted octanol–water partition coefficient (Wildman–Crippen LogP) is 1.61. The Labute approximate surface area is 159 Å². The second-order valence-electron chi connectivity index (χ2n) is 6.96. The molecule has 7 heteroatoms. The fraction of sp³-hybridized carbons (Fsp3) is 0.500. The van der Waals surface area contributed by atoms with Gasteiger partial charge in [0.2, 0.25) is 0 Å². The number of hydrogen-bond donors (Lipinski definition) is 1. The fourth-order valence-electron chi connectivity index (χ4n) is 3.18. The zero-order chi connectivity index (χ0) is 19.1. The number of aliphatic hydroxyl groups excluding tert-OH is 1. The quantitative estimate of drug-likeness (QED) is 0.755. The van der Waals surface area contributed by atoms with Crippen LogP contribution >= 0.6 is 0 Å². The van der Waals surface area contributed by atoms with Crippen molar-refractivity contribution in [3.05, 3.63) is 47.3 Å². The Morgan fingerprint density at radius 2 is 1.93 bits per heavy atom. The lowest BCUT2D eigenvalue weighted by molar-refractivity contribution is 0.0430. The molecule has 1 aromatic carbocycles. The van der Waals surface area contributed by atoms with E-state index in [-0.39, 0.29) is 6.61 Å². The maximum Gasteiger partial charge on any atom is 0.150 e. The van der Waals surface area contributed by atoms with Gasteiger partial charge in [0.1, 0.15) is 18.5 Å². The van der Waals surface area contributed by atoms with Crippen LogP contribution in [0, 0.1) is 18.3 Å².